The van der Waals surface area contributed by atoms with E-state index in [1.165, 1.54) is 18.4 Å². The number of nitrogens with one attached hydrogen (secondary N) is 3. The lowest BCUT2D eigenvalue weighted by atomic mass is 9.84. The number of hydrogen-bond acceptors (Lipinski definition) is 4. The van der Waals surface area contributed by atoms with Crippen molar-refractivity contribution in [1.82, 2.24) is 20.6 Å². The summed E-state index contributed by atoms with van der Waals surface area (Å²) in [5.41, 5.74) is 2.56. The van der Waals surface area contributed by atoms with Crippen LogP contribution in [-0.4, -0.2) is 34.1 Å². The second kappa shape index (κ2) is 5.47. The number of nitrogens with zero attached hydrogens (tertiary/aromatic N) is 1. The van der Waals surface area contributed by atoms with E-state index in [9.17, 15) is 9.90 Å². The van der Waals surface area contributed by atoms with Gasteiger partial charge in [-0.2, -0.15) is 0 Å². The smallest absolute Gasteiger partial charge is 0.242 e. The number of hydrogen-bond donors (Lipinski definition) is 4. The standard InChI is InChI=1S/C17H20N4O2/c22-9-13(15-18-7-8-19-15)21-16(23)14-11-3-1-2-4-12(11)17(5-6-17)10-20-14/h1-4,7-8,13-14,20,22H,5-6,9-10H2,(H,18,19)(H,21,23). The molecule has 1 fully saturated rings. The highest BCUT2D eigenvalue weighted by Crippen LogP contribution is 2.52. The van der Waals surface area contributed by atoms with E-state index in [-0.39, 0.29) is 24.0 Å². The summed E-state index contributed by atoms with van der Waals surface area (Å²) in [5, 5.41) is 15.8. The van der Waals surface area contributed by atoms with E-state index in [0.717, 1.165) is 12.1 Å². The zero-order valence-corrected chi connectivity index (χ0v) is 12.7. The van der Waals surface area contributed by atoms with Crippen molar-refractivity contribution in [3.8, 4) is 0 Å². The Morgan fingerprint density at radius 1 is 1.43 bits per heavy atom. The molecule has 2 heterocycles. The highest BCUT2D eigenvalue weighted by Gasteiger charge is 2.49. The van der Waals surface area contributed by atoms with E-state index < -0.39 is 6.04 Å². The van der Waals surface area contributed by atoms with Crippen molar-refractivity contribution in [3.63, 3.8) is 0 Å². The molecule has 2 aromatic rings. The van der Waals surface area contributed by atoms with Crippen LogP contribution in [0.2, 0.25) is 0 Å². The van der Waals surface area contributed by atoms with Gasteiger partial charge in [-0.3, -0.25) is 4.79 Å². The van der Waals surface area contributed by atoms with Crippen molar-refractivity contribution < 1.29 is 9.90 Å². The van der Waals surface area contributed by atoms with Gasteiger partial charge in [-0.05, 0) is 24.0 Å². The molecule has 1 aliphatic heterocycles. The summed E-state index contributed by atoms with van der Waals surface area (Å²) in [4.78, 5) is 19.8. The lowest BCUT2D eigenvalue weighted by Gasteiger charge is -2.32. The third-order valence-corrected chi connectivity index (χ3v) is 4.95. The molecule has 0 bridgehead atoms. The van der Waals surface area contributed by atoms with Crippen molar-refractivity contribution in [2.45, 2.75) is 30.3 Å². The van der Waals surface area contributed by atoms with E-state index in [2.05, 4.69) is 26.7 Å². The molecule has 0 radical (unpaired) electrons. The molecular weight excluding hydrogens is 292 g/mol. The van der Waals surface area contributed by atoms with E-state index in [1.54, 1.807) is 12.4 Å². The number of aliphatic hydroxyl groups is 1. The molecule has 4 N–H and O–H groups in total. The summed E-state index contributed by atoms with van der Waals surface area (Å²) in [6, 6.07) is 7.26. The number of fused-ring (bicyclic) bond motifs is 2. The Morgan fingerprint density at radius 3 is 2.96 bits per heavy atom. The second-order valence-electron chi connectivity index (χ2n) is 6.40. The number of amides is 1. The number of rotatable bonds is 4. The predicted molar refractivity (Wildman–Crippen MR) is 84.7 cm³/mol. The number of aromatic amines is 1. The minimum Gasteiger partial charge on any atom is -0.394 e. The molecule has 1 aromatic heterocycles. The fourth-order valence-electron chi connectivity index (χ4n) is 3.49. The maximum Gasteiger partial charge on any atom is 0.242 e. The molecular formula is C17H20N4O2. The molecule has 1 saturated carbocycles. The summed E-state index contributed by atoms with van der Waals surface area (Å²) in [7, 11) is 0. The molecule has 6 heteroatoms. The van der Waals surface area contributed by atoms with E-state index >= 15 is 0 Å². The first-order chi connectivity index (χ1) is 11.2. The Hall–Kier alpha value is -2.18. The van der Waals surface area contributed by atoms with Gasteiger partial charge < -0.3 is 20.7 Å². The van der Waals surface area contributed by atoms with Crippen molar-refractivity contribution >= 4 is 5.91 Å². The topological polar surface area (TPSA) is 90.0 Å². The number of aliphatic hydroxyl groups excluding tert-OH is 1. The number of benzene rings is 1. The lowest BCUT2D eigenvalue weighted by molar-refractivity contribution is -0.124. The van der Waals surface area contributed by atoms with E-state index in [1.807, 2.05) is 18.2 Å². The average molecular weight is 312 g/mol. The molecule has 120 valence electrons. The average Bonchev–Trinajstić information content (AvgIpc) is 3.15. The Morgan fingerprint density at radius 2 is 2.26 bits per heavy atom. The molecule has 2 atom stereocenters. The number of H-pyrrole nitrogens is 1. The van der Waals surface area contributed by atoms with E-state index in [0.29, 0.717) is 5.82 Å². The first-order valence-corrected chi connectivity index (χ1v) is 7.97. The summed E-state index contributed by atoms with van der Waals surface area (Å²) >= 11 is 0. The van der Waals surface area contributed by atoms with Gasteiger partial charge in [0.15, 0.2) is 0 Å². The molecule has 2 unspecified atom stereocenters. The van der Waals surface area contributed by atoms with Crippen LogP contribution in [0.15, 0.2) is 36.7 Å². The van der Waals surface area contributed by atoms with Crippen molar-refractivity contribution in [1.29, 1.82) is 0 Å². The third kappa shape index (κ3) is 2.44. The molecule has 0 saturated heterocycles. The molecule has 23 heavy (non-hydrogen) atoms. The Bertz CT molecular complexity index is 709. The third-order valence-electron chi connectivity index (χ3n) is 4.95. The molecule has 2 aliphatic rings. The monoisotopic (exact) mass is 312 g/mol. The normalized spacial score (nSPS) is 22.4. The number of carbonyl (C=O) groups is 1. The van der Waals surface area contributed by atoms with Crippen LogP contribution in [-0.2, 0) is 10.2 Å². The largest absolute Gasteiger partial charge is 0.394 e. The molecule has 4 rings (SSSR count). The summed E-state index contributed by atoms with van der Waals surface area (Å²) in [6.07, 6.45) is 5.64. The maximum atomic E-state index is 12.7. The van der Waals surface area contributed by atoms with Crippen molar-refractivity contribution in [2.24, 2.45) is 0 Å². The zero-order chi connectivity index (χ0) is 15.9. The van der Waals surface area contributed by atoms with Crippen LogP contribution in [0.25, 0.3) is 0 Å². The molecule has 1 aromatic carbocycles. The zero-order valence-electron chi connectivity index (χ0n) is 12.7. The first kappa shape index (κ1) is 14.4. The van der Waals surface area contributed by atoms with Crippen LogP contribution in [0.4, 0.5) is 0 Å². The highest BCUT2D eigenvalue weighted by atomic mass is 16.3. The van der Waals surface area contributed by atoms with E-state index in [4.69, 9.17) is 0 Å². The van der Waals surface area contributed by atoms with Crippen LogP contribution in [0.5, 0.6) is 0 Å². The molecule has 6 nitrogen and oxygen atoms in total. The van der Waals surface area contributed by atoms with Crippen molar-refractivity contribution in [3.05, 3.63) is 53.6 Å². The minimum absolute atomic E-state index is 0.136. The van der Waals surface area contributed by atoms with Crippen molar-refractivity contribution in [2.75, 3.05) is 13.2 Å². The van der Waals surface area contributed by atoms with Gasteiger partial charge in [0.25, 0.3) is 0 Å². The number of carbonyl (C=O) groups excluding carboxylic acids is 1. The van der Waals surface area contributed by atoms with Gasteiger partial charge in [-0.25, -0.2) is 4.98 Å². The SMILES string of the molecule is O=C(NC(CO)c1ncc[nH]1)C1NCC2(CC2)c2ccccc21. The fourth-order valence-corrected chi connectivity index (χ4v) is 3.49. The van der Waals surface area contributed by atoms with Gasteiger partial charge in [-0.15, -0.1) is 0 Å². The minimum atomic E-state index is -0.525. The predicted octanol–water partition coefficient (Wildman–Crippen LogP) is 0.935. The number of aromatic nitrogens is 2. The van der Waals surface area contributed by atoms with Crippen LogP contribution in [0.3, 0.4) is 0 Å². The summed E-state index contributed by atoms with van der Waals surface area (Å²) < 4.78 is 0. The van der Waals surface area contributed by atoms with Crippen LogP contribution < -0.4 is 10.6 Å². The first-order valence-electron chi connectivity index (χ1n) is 7.97. The molecule has 1 amide bonds. The highest BCUT2D eigenvalue weighted by molar-refractivity contribution is 5.84. The van der Waals surface area contributed by atoms with Crippen LogP contribution in [0, 0.1) is 0 Å². The van der Waals surface area contributed by atoms with Crippen LogP contribution >= 0.6 is 0 Å². The van der Waals surface area contributed by atoms with Crippen LogP contribution in [0.1, 0.15) is 41.9 Å². The van der Waals surface area contributed by atoms with Gasteiger partial charge in [0.05, 0.1) is 6.61 Å². The lowest BCUT2D eigenvalue weighted by Crippen LogP contribution is -2.46. The fraction of sp³-hybridized carbons (Fsp3) is 0.412. The van der Waals surface area contributed by atoms with Gasteiger partial charge in [0.2, 0.25) is 5.91 Å². The van der Waals surface area contributed by atoms with Gasteiger partial charge in [-0.1, -0.05) is 24.3 Å². The van der Waals surface area contributed by atoms with Gasteiger partial charge in [0, 0.05) is 24.4 Å². The summed E-state index contributed by atoms with van der Waals surface area (Å²) in [5.74, 6) is 0.423. The van der Waals surface area contributed by atoms with Gasteiger partial charge in [0.1, 0.15) is 17.9 Å². The molecule has 1 aliphatic carbocycles. The summed E-state index contributed by atoms with van der Waals surface area (Å²) in [6.45, 7) is 0.629. The Labute approximate surface area is 134 Å². The second-order valence-corrected chi connectivity index (χ2v) is 6.40. The quantitative estimate of drug-likeness (QED) is 0.676. The Kier molecular flexibility index (Phi) is 3.43. The number of imidazole rings is 1. The molecule has 1 spiro atoms. The maximum absolute atomic E-state index is 12.7. The van der Waals surface area contributed by atoms with Gasteiger partial charge >= 0.3 is 0 Å². The Balaban J connectivity index is 1.57.